The van der Waals surface area contributed by atoms with Crippen molar-refractivity contribution in [3.63, 3.8) is 0 Å². The molecule has 2 aliphatic rings. The zero-order valence-corrected chi connectivity index (χ0v) is 17.7. The predicted molar refractivity (Wildman–Crippen MR) is 111 cm³/mol. The molecule has 2 saturated heterocycles. The summed E-state index contributed by atoms with van der Waals surface area (Å²) >= 11 is 0. The van der Waals surface area contributed by atoms with Gasteiger partial charge in [-0.3, -0.25) is 9.69 Å². The maximum Gasteiger partial charge on any atom is 0.242 e. The van der Waals surface area contributed by atoms with Crippen molar-refractivity contribution in [1.29, 1.82) is 0 Å². The fourth-order valence-corrected chi connectivity index (χ4v) is 3.69. The molecule has 2 N–H and O–H groups in total. The number of ether oxygens (including phenoxy) is 2. The van der Waals surface area contributed by atoms with E-state index < -0.39 is 5.54 Å². The van der Waals surface area contributed by atoms with Crippen LogP contribution in [0.3, 0.4) is 0 Å². The van der Waals surface area contributed by atoms with Crippen molar-refractivity contribution in [2.75, 3.05) is 46.5 Å². The van der Waals surface area contributed by atoms with Crippen LogP contribution in [-0.2, 0) is 9.53 Å². The van der Waals surface area contributed by atoms with Crippen LogP contribution < -0.4 is 10.5 Å². The Balaban J connectivity index is 0.00000182. The lowest BCUT2D eigenvalue weighted by molar-refractivity contribution is -0.142. The first kappa shape index (κ1) is 24.0. The van der Waals surface area contributed by atoms with E-state index in [1.165, 1.54) is 5.56 Å². The molecule has 0 aromatic heterocycles. The zero-order valence-electron chi connectivity index (χ0n) is 16.1. The van der Waals surface area contributed by atoms with E-state index in [9.17, 15) is 4.79 Å². The number of nitrogens with zero attached hydrogens (tertiary/aromatic N) is 2. The van der Waals surface area contributed by atoms with Crippen LogP contribution >= 0.6 is 24.8 Å². The van der Waals surface area contributed by atoms with Gasteiger partial charge < -0.3 is 20.1 Å². The van der Waals surface area contributed by atoms with Crippen LogP contribution in [0.25, 0.3) is 0 Å². The van der Waals surface area contributed by atoms with Gasteiger partial charge in [-0.2, -0.15) is 0 Å². The SMILES string of the molecule is COc1cccc(C(C)N2CCN(C(=O)C3(N)CCOCC3)CC2)c1.Cl.Cl. The molecule has 27 heavy (non-hydrogen) atoms. The van der Waals surface area contributed by atoms with Gasteiger partial charge in [-0.1, -0.05) is 12.1 Å². The molecule has 1 atom stereocenters. The molecule has 6 nitrogen and oxygen atoms in total. The Morgan fingerprint density at radius 1 is 1.19 bits per heavy atom. The summed E-state index contributed by atoms with van der Waals surface area (Å²) in [6.45, 7) is 6.53. The molecule has 8 heteroatoms. The molecule has 0 bridgehead atoms. The van der Waals surface area contributed by atoms with Crippen molar-refractivity contribution in [2.45, 2.75) is 31.3 Å². The third-order valence-corrected chi connectivity index (χ3v) is 5.54. The van der Waals surface area contributed by atoms with E-state index in [1.54, 1.807) is 7.11 Å². The summed E-state index contributed by atoms with van der Waals surface area (Å²) < 4.78 is 10.7. The number of rotatable bonds is 4. The van der Waals surface area contributed by atoms with Gasteiger partial charge in [0.2, 0.25) is 5.91 Å². The van der Waals surface area contributed by atoms with Gasteiger partial charge in [-0.25, -0.2) is 0 Å². The Kier molecular flexibility index (Phi) is 9.31. The molecular formula is C19H31Cl2N3O3. The summed E-state index contributed by atoms with van der Waals surface area (Å²) in [4.78, 5) is 17.2. The minimum absolute atomic E-state index is 0. The number of methoxy groups -OCH3 is 1. The molecule has 1 aromatic rings. The summed E-state index contributed by atoms with van der Waals surface area (Å²) in [6, 6.07) is 8.48. The van der Waals surface area contributed by atoms with Crippen molar-refractivity contribution >= 4 is 30.7 Å². The van der Waals surface area contributed by atoms with Crippen molar-refractivity contribution < 1.29 is 14.3 Å². The molecule has 2 aliphatic heterocycles. The second-order valence-electron chi connectivity index (χ2n) is 7.05. The zero-order chi connectivity index (χ0) is 17.9. The van der Waals surface area contributed by atoms with Gasteiger partial charge in [0.05, 0.1) is 12.6 Å². The number of nitrogens with two attached hydrogens (primary N) is 1. The maximum atomic E-state index is 12.8. The van der Waals surface area contributed by atoms with Crippen molar-refractivity contribution in [3.05, 3.63) is 29.8 Å². The van der Waals surface area contributed by atoms with Gasteiger partial charge in [0.1, 0.15) is 5.75 Å². The number of benzene rings is 1. The molecule has 154 valence electrons. The average molecular weight is 420 g/mol. The van der Waals surface area contributed by atoms with Crippen LogP contribution in [0.1, 0.15) is 31.4 Å². The highest BCUT2D eigenvalue weighted by atomic mass is 35.5. The van der Waals surface area contributed by atoms with E-state index in [-0.39, 0.29) is 30.7 Å². The fourth-order valence-electron chi connectivity index (χ4n) is 3.69. The molecule has 0 aliphatic carbocycles. The molecule has 1 amide bonds. The van der Waals surface area contributed by atoms with Crippen molar-refractivity contribution in [2.24, 2.45) is 5.73 Å². The van der Waals surface area contributed by atoms with Gasteiger partial charge in [0.15, 0.2) is 0 Å². The second kappa shape index (κ2) is 10.5. The van der Waals surface area contributed by atoms with Crippen LogP contribution in [0.2, 0.25) is 0 Å². The molecule has 0 radical (unpaired) electrons. The van der Waals surface area contributed by atoms with E-state index in [1.807, 2.05) is 17.0 Å². The van der Waals surface area contributed by atoms with E-state index in [4.69, 9.17) is 15.2 Å². The van der Waals surface area contributed by atoms with Crippen molar-refractivity contribution in [1.82, 2.24) is 9.80 Å². The first-order valence-corrected chi connectivity index (χ1v) is 9.07. The Morgan fingerprint density at radius 3 is 2.41 bits per heavy atom. The standard InChI is InChI=1S/C19H29N3O3.2ClH/c1-15(16-4-3-5-17(14-16)24-2)21-8-10-22(11-9-21)18(23)19(20)6-12-25-13-7-19;;/h3-5,14-15H,6-13,20H2,1-2H3;2*1H. The molecule has 3 rings (SSSR count). The van der Waals surface area contributed by atoms with E-state index in [0.29, 0.717) is 32.1 Å². The lowest BCUT2D eigenvalue weighted by Crippen LogP contribution is -2.61. The van der Waals surface area contributed by atoms with Gasteiger partial charge in [0, 0.05) is 45.4 Å². The maximum absolute atomic E-state index is 12.8. The average Bonchev–Trinajstić information content (AvgIpc) is 2.67. The normalized spacial score (nSPS) is 20.8. The Bertz CT molecular complexity index is 604. The third kappa shape index (κ3) is 5.48. The van der Waals surface area contributed by atoms with Crippen LogP contribution in [-0.4, -0.2) is 67.7 Å². The topological polar surface area (TPSA) is 68.0 Å². The number of piperazine rings is 1. The van der Waals surface area contributed by atoms with Crippen LogP contribution in [0.5, 0.6) is 5.75 Å². The monoisotopic (exact) mass is 419 g/mol. The number of halogens is 2. The Morgan fingerprint density at radius 2 is 1.81 bits per heavy atom. The van der Waals surface area contributed by atoms with Gasteiger partial charge in [0.25, 0.3) is 0 Å². The number of hydrogen-bond donors (Lipinski definition) is 1. The lowest BCUT2D eigenvalue weighted by Gasteiger charge is -2.42. The van der Waals surface area contributed by atoms with Gasteiger partial charge in [-0.05, 0) is 37.5 Å². The van der Waals surface area contributed by atoms with E-state index >= 15 is 0 Å². The lowest BCUT2D eigenvalue weighted by atomic mass is 9.89. The first-order valence-electron chi connectivity index (χ1n) is 9.07. The molecule has 2 heterocycles. The third-order valence-electron chi connectivity index (χ3n) is 5.54. The highest BCUT2D eigenvalue weighted by Crippen LogP contribution is 2.26. The highest BCUT2D eigenvalue weighted by molar-refractivity contribution is 5.86. The quantitative estimate of drug-likeness (QED) is 0.810. The van der Waals surface area contributed by atoms with E-state index in [0.717, 1.165) is 31.9 Å². The van der Waals surface area contributed by atoms with Crippen molar-refractivity contribution in [3.8, 4) is 5.75 Å². The largest absolute Gasteiger partial charge is 0.497 e. The summed E-state index contributed by atoms with van der Waals surface area (Å²) in [7, 11) is 1.69. The van der Waals surface area contributed by atoms with Crippen LogP contribution in [0, 0.1) is 0 Å². The Labute approximate surface area is 174 Å². The molecule has 1 unspecified atom stereocenters. The fraction of sp³-hybridized carbons (Fsp3) is 0.632. The predicted octanol–water partition coefficient (Wildman–Crippen LogP) is 2.25. The van der Waals surface area contributed by atoms with Crippen LogP contribution in [0.15, 0.2) is 24.3 Å². The van der Waals surface area contributed by atoms with Gasteiger partial charge >= 0.3 is 0 Å². The number of hydrogen-bond acceptors (Lipinski definition) is 5. The second-order valence-corrected chi connectivity index (χ2v) is 7.05. The first-order chi connectivity index (χ1) is 12.0. The number of amides is 1. The molecule has 0 spiro atoms. The minimum Gasteiger partial charge on any atom is -0.497 e. The minimum atomic E-state index is -0.737. The van der Waals surface area contributed by atoms with E-state index in [2.05, 4.69) is 24.0 Å². The summed E-state index contributed by atoms with van der Waals surface area (Å²) in [5, 5.41) is 0. The summed E-state index contributed by atoms with van der Waals surface area (Å²) in [5.74, 6) is 0.965. The molecule has 1 aromatic carbocycles. The summed E-state index contributed by atoms with van der Waals surface area (Å²) in [6.07, 6.45) is 1.23. The highest BCUT2D eigenvalue weighted by Gasteiger charge is 2.40. The van der Waals surface area contributed by atoms with Crippen LogP contribution in [0.4, 0.5) is 0 Å². The summed E-state index contributed by atoms with van der Waals surface area (Å²) in [5.41, 5.74) is 6.85. The Hall–Kier alpha value is -1.05. The smallest absolute Gasteiger partial charge is 0.242 e. The number of carbonyl (C=O) groups excluding carboxylic acids is 1. The molecule has 0 saturated carbocycles. The number of carbonyl (C=O) groups is 1. The molecule has 2 fully saturated rings. The molecular weight excluding hydrogens is 389 g/mol. The van der Waals surface area contributed by atoms with Gasteiger partial charge in [-0.15, -0.1) is 24.8 Å².